The van der Waals surface area contributed by atoms with E-state index in [1.165, 1.54) is 5.56 Å². The van der Waals surface area contributed by atoms with Crippen molar-refractivity contribution >= 4 is 29.9 Å². The monoisotopic (exact) mass is 483 g/mol. The summed E-state index contributed by atoms with van der Waals surface area (Å²) in [6.07, 6.45) is 4.98. The Morgan fingerprint density at radius 3 is 2.78 bits per heavy atom. The zero-order chi connectivity index (χ0) is 18.4. The summed E-state index contributed by atoms with van der Waals surface area (Å²) < 4.78 is 7.23. The molecule has 0 bridgehead atoms. The van der Waals surface area contributed by atoms with Crippen LogP contribution >= 0.6 is 24.0 Å². The van der Waals surface area contributed by atoms with Crippen molar-refractivity contribution in [3.05, 3.63) is 48.3 Å². The lowest BCUT2D eigenvalue weighted by Crippen LogP contribution is -2.42. The van der Waals surface area contributed by atoms with Crippen LogP contribution in [0.15, 0.2) is 47.7 Å². The second kappa shape index (κ2) is 10.5. The summed E-state index contributed by atoms with van der Waals surface area (Å²) in [5.41, 5.74) is 1.37. The van der Waals surface area contributed by atoms with Gasteiger partial charge in [0.1, 0.15) is 5.75 Å². The molecule has 0 aliphatic carbocycles. The van der Waals surface area contributed by atoms with Crippen molar-refractivity contribution in [2.45, 2.75) is 25.8 Å². The summed E-state index contributed by atoms with van der Waals surface area (Å²) in [5, 5.41) is 7.80. The van der Waals surface area contributed by atoms with Crippen LogP contribution in [0.1, 0.15) is 24.8 Å². The van der Waals surface area contributed by atoms with Crippen LogP contribution in [0.3, 0.4) is 0 Å². The minimum atomic E-state index is 0. The van der Waals surface area contributed by atoms with E-state index >= 15 is 0 Å². The molecular weight excluding hydrogens is 453 g/mol. The van der Waals surface area contributed by atoms with Crippen molar-refractivity contribution in [3.8, 4) is 5.75 Å². The first-order chi connectivity index (χ1) is 12.7. The lowest BCUT2D eigenvalue weighted by Gasteiger charge is -2.23. The molecule has 2 unspecified atom stereocenters. The van der Waals surface area contributed by atoms with Gasteiger partial charge in [0.25, 0.3) is 0 Å². The molecule has 1 N–H and O–H groups in total. The number of rotatable bonds is 6. The van der Waals surface area contributed by atoms with Gasteiger partial charge in [-0.3, -0.25) is 9.67 Å². The fourth-order valence-electron chi connectivity index (χ4n) is 3.49. The molecule has 27 heavy (non-hydrogen) atoms. The Balaban J connectivity index is 0.00000261. The predicted molar refractivity (Wildman–Crippen MR) is 120 cm³/mol. The third-order valence-corrected chi connectivity index (χ3v) is 4.95. The Kier molecular flexibility index (Phi) is 8.40. The van der Waals surface area contributed by atoms with Crippen LogP contribution in [0.25, 0.3) is 0 Å². The Bertz CT molecular complexity index is 702. The maximum atomic E-state index is 5.25. The summed E-state index contributed by atoms with van der Waals surface area (Å²) >= 11 is 0. The molecule has 0 amide bonds. The molecule has 0 saturated carbocycles. The molecule has 1 fully saturated rings. The standard InChI is InChI=1S/C20H29N5O.HI/c1-16(14-25-11-4-10-23-25)13-22-20(21-2)24-12-9-18(15-24)17-5-7-19(26-3)8-6-17;/h4-8,10-11,16,18H,9,12-15H2,1-3H3,(H,21,22);1H. The van der Waals surface area contributed by atoms with Crippen LogP contribution in [-0.4, -0.2) is 54.4 Å². The number of aliphatic imine (C=N–C) groups is 1. The third kappa shape index (κ3) is 5.85. The maximum absolute atomic E-state index is 5.25. The highest BCUT2D eigenvalue weighted by molar-refractivity contribution is 14.0. The van der Waals surface area contributed by atoms with E-state index < -0.39 is 0 Å². The predicted octanol–water partition coefficient (Wildman–Crippen LogP) is 3.21. The quantitative estimate of drug-likeness (QED) is 0.390. The Morgan fingerprint density at radius 2 is 2.15 bits per heavy atom. The highest BCUT2D eigenvalue weighted by atomic mass is 127. The molecule has 0 radical (unpaired) electrons. The number of nitrogens with one attached hydrogen (secondary N) is 1. The number of guanidine groups is 1. The summed E-state index contributed by atoms with van der Waals surface area (Å²) in [4.78, 5) is 6.84. The lowest BCUT2D eigenvalue weighted by molar-refractivity contribution is 0.414. The summed E-state index contributed by atoms with van der Waals surface area (Å²) in [6, 6.07) is 10.4. The zero-order valence-electron chi connectivity index (χ0n) is 16.3. The maximum Gasteiger partial charge on any atom is 0.193 e. The molecule has 2 atom stereocenters. The SMILES string of the molecule is CN=C(NCC(C)Cn1cccn1)N1CCC(c2ccc(OC)cc2)C1.I. The number of hydrogen-bond donors (Lipinski definition) is 1. The highest BCUT2D eigenvalue weighted by Gasteiger charge is 2.26. The fraction of sp³-hybridized carbons (Fsp3) is 0.500. The average Bonchev–Trinajstić information content (AvgIpc) is 3.35. The minimum absolute atomic E-state index is 0. The first kappa shape index (κ1) is 21.5. The molecule has 2 aromatic rings. The fourth-order valence-corrected chi connectivity index (χ4v) is 3.49. The van der Waals surface area contributed by atoms with Crippen LogP contribution in [-0.2, 0) is 6.54 Å². The Morgan fingerprint density at radius 1 is 1.37 bits per heavy atom. The van der Waals surface area contributed by atoms with E-state index in [4.69, 9.17) is 4.74 Å². The van der Waals surface area contributed by atoms with Gasteiger partial charge in [0, 0.05) is 51.5 Å². The Hall–Kier alpha value is -1.77. The van der Waals surface area contributed by atoms with Crippen molar-refractivity contribution in [3.63, 3.8) is 0 Å². The molecule has 148 valence electrons. The lowest BCUT2D eigenvalue weighted by atomic mass is 9.98. The van der Waals surface area contributed by atoms with Crippen molar-refractivity contribution in [2.24, 2.45) is 10.9 Å². The molecule has 1 aliphatic rings. The normalized spacial score (nSPS) is 18.1. The van der Waals surface area contributed by atoms with E-state index in [1.807, 2.05) is 42.3 Å². The van der Waals surface area contributed by atoms with Crippen molar-refractivity contribution in [1.29, 1.82) is 0 Å². The van der Waals surface area contributed by atoms with E-state index in [1.54, 1.807) is 7.11 Å². The first-order valence-corrected chi connectivity index (χ1v) is 9.26. The van der Waals surface area contributed by atoms with E-state index in [-0.39, 0.29) is 24.0 Å². The van der Waals surface area contributed by atoms with Gasteiger partial charge in [-0.2, -0.15) is 5.10 Å². The number of hydrogen-bond acceptors (Lipinski definition) is 3. The summed E-state index contributed by atoms with van der Waals surface area (Å²) in [6.45, 7) is 6.05. The van der Waals surface area contributed by atoms with Gasteiger partial charge in [-0.1, -0.05) is 19.1 Å². The largest absolute Gasteiger partial charge is 0.497 e. The van der Waals surface area contributed by atoms with Crippen molar-refractivity contribution < 1.29 is 4.74 Å². The molecule has 1 aliphatic heterocycles. The van der Waals surface area contributed by atoms with Gasteiger partial charge in [-0.25, -0.2) is 0 Å². The van der Waals surface area contributed by atoms with Crippen LogP contribution in [0, 0.1) is 5.92 Å². The molecule has 3 rings (SSSR count). The van der Waals surface area contributed by atoms with Crippen LogP contribution < -0.4 is 10.1 Å². The smallest absolute Gasteiger partial charge is 0.193 e. The van der Waals surface area contributed by atoms with Crippen LogP contribution in [0.2, 0.25) is 0 Å². The molecule has 1 saturated heterocycles. The first-order valence-electron chi connectivity index (χ1n) is 9.26. The molecule has 0 spiro atoms. The molecule has 1 aromatic carbocycles. The molecule has 2 heterocycles. The van der Waals surface area contributed by atoms with Crippen molar-refractivity contribution in [2.75, 3.05) is 33.8 Å². The summed E-state index contributed by atoms with van der Waals surface area (Å²) in [7, 11) is 3.57. The molecule has 1 aromatic heterocycles. The van der Waals surface area contributed by atoms with Gasteiger partial charge in [0.15, 0.2) is 5.96 Å². The Labute approximate surface area is 179 Å². The number of methoxy groups -OCH3 is 1. The topological polar surface area (TPSA) is 54.7 Å². The second-order valence-electron chi connectivity index (χ2n) is 6.97. The van der Waals surface area contributed by atoms with E-state index in [0.717, 1.165) is 44.3 Å². The molecule has 7 heteroatoms. The van der Waals surface area contributed by atoms with Gasteiger partial charge in [0.05, 0.1) is 7.11 Å². The minimum Gasteiger partial charge on any atom is -0.497 e. The number of halogens is 1. The third-order valence-electron chi connectivity index (χ3n) is 4.95. The number of benzene rings is 1. The van der Waals surface area contributed by atoms with E-state index in [9.17, 15) is 0 Å². The molecule has 6 nitrogen and oxygen atoms in total. The number of aromatic nitrogens is 2. The average molecular weight is 483 g/mol. The van der Waals surface area contributed by atoms with Gasteiger partial charge in [0.2, 0.25) is 0 Å². The second-order valence-corrected chi connectivity index (χ2v) is 6.97. The van der Waals surface area contributed by atoms with Gasteiger partial charge in [-0.15, -0.1) is 24.0 Å². The van der Waals surface area contributed by atoms with Crippen LogP contribution in [0.4, 0.5) is 0 Å². The van der Waals surface area contributed by atoms with Crippen molar-refractivity contribution in [1.82, 2.24) is 20.0 Å². The van der Waals surface area contributed by atoms with Gasteiger partial charge in [-0.05, 0) is 36.1 Å². The number of nitrogens with zero attached hydrogens (tertiary/aromatic N) is 4. The summed E-state index contributed by atoms with van der Waals surface area (Å²) in [5.74, 6) is 2.92. The van der Waals surface area contributed by atoms with Crippen LogP contribution in [0.5, 0.6) is 5.75 Å². The van der Waals surface area contributed by atoms with Gasteiger partial charge >= 0.3 is 0 Å². The highest BCUT2D eigenvalue weighted by Crippen LogP contribution is 2.28. The van der Waals surface area contributed by atoms with E-state index in [0.29, 0.717) is 11.8 Å². The molecular formula is C20H30IN5O. The van der Waals surface area contributed by atoms with Gasteiger partial charge < -0.3 is 15.0 Å². The number of ether oxygens (including phenoxy) is 1. The van der Waals surface area contributed by atoms with E-state index in [2.05, 4.69) is 39.4 Å². The zero-order valence-corrected chi connectivity index (χ0v) is 18.7. The number of likely N-dealkylation sites (tertiary alicyclic amines) is 1.